The van der Waals surface area contributed by atoms with Crippen molar-refractivity contribution in [3.63, 3.8) is 0 Å². The maximum atomic E-state index is 13.4. The van der Waals surface area contributed by atoms with Crippen LogP contribution in [0, 0.1) is 6.92 Å². The average Bonchev–Trinajstić information content (AvgIpc) is 2.94. The molecule has 0 bridgehead atoms. The van der Waals surface area contributed by atoms with Crippen molar-refractivity contribution in [1.29, 1.82) is 0 Å². The summed E-state index contributed by atoms with van der Waals surface area (Å²) in [5.41, 5.74) is 2.60. The van der Waals surface area contributed by atoms with E-state index in [0.29, 0.717) is 27.5 Å². The molecule has 11 heteroatoms. The van der Waals surface area contributed by atoms with Gasteiger partial charge in [-0.2, -0.15) is 13.2 Å². The van der Waals surface area contributed by atoms with Gasteiger partial charge in [-0.25, -0.2) is 4.99 Å². The molecular formula is C26H24ClF3N4O2S. The van der Waals surface area contributed by atoms with Crippen LogP contribution in [0.2, 0.25) is 5.02 Å². The zero-order valence-corrected chi connectivity index (χ0v) is 21.8. The van der Waals surface area contributed by atoms with E-state index < -0.39 is 29.9 Å². The van der Waals surface area contributed by atoms with Gasteiger partial charge >= 0.3 is 6.18 Å². The van der Waals surface area contributed by atoms with E-state index in [1.54, 1.807) is 25.2 Å². The van der Waals surface area contributed by atoms with Crippen LogP contribution in [0.15, 0.2) is 70.9 Å². The number of aliphatic imine (C=N–C) groups is 1. The summed E-state index contributed by atoms with van der Waals surface area (Å²) < 4.78 is 45.1. The van der Waals surface area contributed by atoms with Crippen molar-refractivity contribution < 1.29 is 22.7 Å². The highest BCUT2D eigenvalue weighted by atomic mass is 35.5. The number of allylic oxidation sites excluding steroid dienone is 2. The fourth-order valence-electron chi connectivity index (χ4n) is 4.17. The van der Waals surface area contributed by atoms with Crippen LogP contribution in [-0.2, 0) is 9.53 Å². The normalized spacial score (nSPS) is 19.7. The third-order valence-electron chi connectivity index (χ3n) is 6.01. The zero-order chi connectivity index (χ0) is 26.9. The van der Waals surface area contributed by atoms with Gasteiger partial charge in [0.25, 0.3) is 5.91 Å². The van der Waals surface area contributed by atoms with Crippen molar-refractivity contribution >= 4 is 46.2 Å². The summed E-state index contributed by atoms with van der Waals surface area (Å²) in [5, 5.41) is 6.13. The predicted octanol–water partition coefficient (Wildman–Crippen LogP) is 5.04. The number of thiocarbonyl (C=S) groups is 1. The minimum atomic E-state index is -4.54. The van der Waals surface area contributed by atoms with Crippen LogP contribution in [0.5, 0.6) is 0 Å². The molecule has 1 amide bonds. The summed E-state index contributed by atoms with van der Waals surface area (Å²) in [7, 11) is 2.94. The molecule has 1 heterocycles. The number of aryl methyl sites for hydroxylation is 1. The molecule has 0 saturated heterocycles. The Hall–Kier alpha value is -3.37. The first-order chi connectivity index (χ1) is 17.5. The summed E-state index contributed by atoms with van der Waals surface area (Å²) in [4.78, 5) is 19.6. The van der Waals surface area contributed by atoms with Gasteiger partial charge in [0.2, 0.25) is 6.17 Å². The Morgan fingerprint density at radius 1 is 1.19 bits per heavy atom. The maximum Gasteiger partial charge on any atom is 0.416 e. The lowest BCUT2D eigenvalue weighted by atomic mass is 9.98. The molecule has 1 aliphatic carbocycles. The number of ether oxygens (including phenoxy) is 1. The lowest BCUT2D eigenvalue weighted by Crippen LogP contribution is -2.51. The summed E-state index contributed by atoms with van der Waals surface area (Å²) in [6.45, 7) is 1.93. The van der Waals surface area contributed by atoms with Gasteiger partial charge < -0.3 is 20.3 Å². The molecule has 0 fully saturated rings. The Balaban J connectivity index is 1.66. The van der Waals surface area contributed by atoms with Crippen LogP contribution in [-0.4, -0.2) is 49.3 Å². The van der Waals surface area contributed by atoms with Crippen LogP contribution >= 0.6 is 23.8 Å². The Morgan fingerprint density at radius 2 is 1.92 bits per heavy atom. The minimum Gasteiger partial charge on any atom is -0.501 e. The number of amides is 1. The Morgan fingerprint density at radius 3 is 2.59 bits per heavy atom. The van der Waals surface area contributed by atoms with Gasteiger partial charge in [-0.3, -0.25) is 4.79 Å². The van der Waals surface area contributed by atoms with E-state index in [1.165, 1.54) is 12.0 Å². The highest BCUT2D eigenvalue weighted by Crippen LogP contribution is 2.33. The van der Waals surface area contributed by atoms with Crippen LogP contribution in [0.25, 0.3) is 0 Å². The summed E-state index contributed by atoms with van der Waals surface area (Å²) in [6.07, 6.45) is -3.56. The lowest BCUT2D eigenvalue weighted by Gasteiger charge is -2.26. The molecule has 0 aromatic heterocycles. The van der Waals surface area contributed by atoms with Gasteiger partial charge in [0.05, 0.1) is 35.9 Å². The van der Waals surface area contributed by atoms with Gasteiger partial charge in [0.1, 0.15) is 0 Å². The molecule has 4 rings (SSSR count). The van der Waals surface area contributed by atoms with E-state index in [9.17, 15) is 18.0 Å². The number of alkyl halides is 3. The van der Waals surface area contributed by atoms with Crippen molar-refractivity contribution in [2.24, 2.45) is 4.99 Å². The third-order valence-corrected chi connectivity index (χ3v) is 6.58. The largest absolute Gasteiger partial charge is 0.501 e. The van der Waals surface area contributed by atoms with E-state index in [4.69, 9.17) is 33.5 Å². The molecule has 37 heavy (non-hydrogen) atoms. The molecule has 2 aromatic carbocycles. The van der Waals surface area contributed by atoms with Crippen molar-refractivity contribution in [3.05, 3.63) is 87.7 Å². The van der Waals surface area contributed by atoms with Gasteiger partial charge in [0, 0.05) is 29.6 Å². The van der Waals surface area contributed by atoms with Gasteiger partial charge in [-0.15, -0.1) is 0 Å². The number of carbonyl (C=O) groups is 1. The number of benzene rings is 2. The van der Waals surface area contributed by atoms with Gasteiger partial charge in [-0.1, -0.05) is 41.4 Å². The first-order valence-corrected chi connectivity index (χ1v) is 12.1. The number of hydrogen-bond acceptors (Lipinski definition) is 4. The number of fused-ring (bicyclic) bond motifs is 1. The molecule has 6 nitrogen and oxygen atoms in total. The van der Waals surface area contributed by atoms with Crippen molar-refractivity contribution in [1.82, 2.24) is 10.6 Å². The molecule has 1 unspecified atom stereocenters. The predicted molar refractivity (Wildman–Crippen MR) is 142 cm³/mol. The van der Waals surface area contributed by atoms with Crippen LogP contribution in [0.3, 0.4) is 0 Å². The van der Waals surface area contributed by atoms with Crippen LogP contribution in [0.4, 0.5) is 18.9 Å². The number of hydrogen-bond donors (Lipinski definition) is 2. The third kappa shape index (κ3) is 5.80. The maximum absolute atomic E-state index is 13.4. The molecule has 0 radical (unpaired) electrons. The monoisotopic (exact) mass is 548 g/mol. The number of methoxy groups -OCH3 is 1. The zero-order valence-electron chi connectivity index (χ0n) is 20.2. The quantitative estimate of drug-likeness (QED) is 0.524. The van der Waals surface area contributed by atoms with E-state index in [0.717, 1.165) is 17.7 Å². The fraction of sp³-hybridized carbons (Fsp3) is 0.269. The van der Waals surface area contributed by atoms with E-state index >= 15 is 0 Å². The molecule has 2 aromatic rings. The highest BCUT2D eigenvalue weighted by Gasteiger charge is 2.36. The standard InChI is InChI=1S/C26H24ClF3N4O2S/c1-14-8-9-21-19(10-14)22(18-6-4-5-7-20(18)27)32-23(24(35)34(21)2)33-25(37)31-16-11-15(26(28,29)30)12-17(13-16)36-3/h4-12,16,23H,13H2,1-3H3,(H2,31,33,37)/t16?,23-/m0/s1. The molecule has 2 N–H and O–H groups in total. The molecule has 194 valence electrons. The Kier molecular flexibility index (Phi) is 7.61. The molecule has 0 saturated carbocycles. The Labute approximate surface area is 222 Å². The van der Waals surface area contributed by atoms with Crippen molar-refractivity contribution in [3.8, 4) is 0 Å². The Bertz CT molecular complexity index is 1340. The number of likely N-dealkylation sites (N-methyl/N-ethyl adjacent to an activating group) is 1. The number of benzodiazepines with no additional fused rings is 1. The topological polar surface area (TPSA) is 66.0 Å². The number of anilines is 1. The SMILES string of the molecule is COC1=CC(C(F)(F)F)=CC(NC(=S)N[C@@H]2N=C(c3ccccc3Cl)c3cc(C)ccc3N(C)C2=O)C1. The van der Waals surface area contributed by atoms with Crippen LogP contribution < -0.4 is 15.5 Å². The van der Waals surface area contributed by atoms with E-state index in [-0.39, 0.29) is 17.3 Å². The summed E-state index contributed by atoms with van der Waals surface area (Å²) in [5.74, 6) is -0.241. The number of nitrogens with one attached hydrogen (secondary N) is 2. The van der Waals surface area contributed by atoms with Gasteiger partial charge in [0.15, 0.2) is 5.11 Å². The van der Waals surface area contributed by atoms with Crippen LogP contribution in [0.1, 0.15) is 23.1 Å². The second-order valence-corrected chi connectivity index (χ2v) is 9.46. The first kappa shape index (κ1) is 26.7. The second kappa shape index (κ2) is 10.5. The second-order valence-electron chi connectivity index (χ2n) is 8.64. The number of rotatable bonds is 4. The smallest absolute Gasteiger partial charge is 0.416 e. The van der Waals surface area contributed by atoms with E-state index in [2.05, 4.69) is 10.6 Å². The average molecular weight is 549 g/mol. The number of carbonyl (C=O) groups excluding carboxylic acids is 1. The van der Waals surface area contributed by atoms with Gasteiger partial charge in [-0.05, 0) is 49.5 Å². The lowest BCUT2D eigenvalue weighted by molar-refractivity contribution is -0.119. The van der Waals surface area contributed by atoms with Crippen molar-refractivity contribution in [2.45, 2.75) is 31.7 Å². The molecule has 2 atom stereocenters. The summed E-state index contributed by atoms with van der Waals surface area (Å²) >= 11 is 11.9. The van der Waals surface area contributed by atoms with E-state index in [1.807, 2.05) is 31.2 Å². The number of nitrogens with zero attached hydrogens (tertiary/aromatic N) is 2. The minimum absolute atomic E-state index is 0.0312. The molecule has 2 aliphatic rings. The summed E-state index contributed by atoms with van der Waals surface area (Å²) in [6, 6.07) is 12.0. The molecular weight excluding hydrogens is 525 g/mol. The highest BCUT2D eigenvalue weighted by molar-refractivity contribution is 7.80. The first-order valence-electron chi connectivity index (χ1n) is 11.3. The fourth-order valence-corrected chi connectivity index (χ4v) is 4.66. The molecule has 1 aliphatic heterocycles. The molecule has 0 spiro atoms. The van der Waals surface area contributed by atoms with Crippen molar-refractivity contribution in [2.75, 3.05) is 19.1 Å². The number of halogens is 4.